The summed E-state index contributed by atoms with van der Waals surface area (Å²) < 4.78 is 43.5. The lowest BCUT2D eigenvalue weighted by molar-refractivity contribution is -0.141. The van der Waals surface area contributed by atoms with E-state index < -0.39 is 17.9 Å². The maximum Gasteiger partial charge on any atom is 0.433 e. The van der Waals surface area contributed by atoms with Gasteiger partial charge in [0.1, 0.15) is 5.82 Å². The van der Waals surface area contributed by atoms with Gasteiger partial charge in [-0.1, -0.05) is 0 Å². The van der Waals surface area contributed by atoms with Gasteiger partial charge in [0.25, 0.3) is 0 Å². The van der Waals surface area contributed by atoms with Crippen LogP contribution in [0.15, 0.2) is 6.07 Å². The summed E-state index contributed by atoms with van der Waals surface area (Å²) in [6.07, 6.45) is -4.61. The van der Waals surface area contributed by atoms with E-state index in [9.17, 15) is 18.3 Å². The molecule has 2 heterocycles. The number of aliphatic hydroxyl groups excluding tert-OH is 1. The van der Waals surface area contributed by atoms with Crippen LogP contribution in [0.4, 0.5) is 24.9 Å². The van der Waals surface area contributed by atoms with Gasteiger partial charge in [-0.25, -0.2) is 10.8 Å². The van der Waals surface area contributed by atoms with E-state index in [0.717, 1.165) is 6.07 Å². The van der Waals surface area contributed by atoms with Crippen molar-refractivity contribution in [3.8, 4) is 0 Å². The van der Waals surface area contributed by atoms with Crippen molar-refractivity contribution < 1.29 is 23.0 Å². The number of nitrogens with two attached hydrogens (primary N) is 1. The topological polar surface area (TPSA) is 96.5 Å². The molecule has 10 heteroatoms. The minimum Gasteiger partial charge on any atom is -0.394 e. The molecule has 1 fully saturated rings. The fourth-order valence-electron chi connectivity index (χ4n) is 1.90. The Bertz CT molecular complexity index is 471. The number of rotatable bonds is 3. The molecule has 1 saturated heterocycles. The highest BCUT2D eigenvalue weighted by molar-refractivity contribution is 5.46. The first-order valence-electron chi connectivity index (χ1n) is 5.84. The Morgan fingerprint density at radius 2 is 2.25 bits per heavy atom. The van der Waals surface area contributed by atoms with Gasteiger partial charge < -0.3 is 14.7 Å². The molecular formula is C10H14F3N5O2. The number of hydrazine groups is 1. The van der Waals surface area contributed by atoms with Crippen LogP contribution in [0.3, 0.4) is 0 Å². The molecule has 1 unspecified atom stereocenters. The average molecular weight is 293 g/mol. The van der Waals surface area contributed by atoms with Crippen molar-refractivity contribution in [3.05, 3.63) is 11.8 Å². The van der Waals surface area contributed by atoms with E-state index in [1.165, 1.54) is 0 Å². The summed E-state index contributed by atoms with van der Waals surface area (Å²) in [4.78, 5) is 8.72. The maximum atomic E-state index is 12.8. The highest BCUT2D eigenvalue weighted by Gasteiger charge is 2.35. The monoisotopic (exact) mass is 293 g/mol. The molecule has 0 amide bonds. The predicted molar refractivity (Wildman–Crippen MR) is 63.9 cm³/mol. The number of aromatic nitrogens is 2. The lowest BCUT2D eigenvalue weighted by atomic mass is 10.2. The van der Waals surface area contributed by atoms with Crippen LogP contribution in [0.1, 0.15) is 5.69 Å². The molecule has 7 nitrogen and oxygen atoms in total. The second kappa shape index (κ2) is 5.77. The third-order valence-electron chi connectivity index (χ3n) is 2.86. The highest BCUT2D eigenvalue weighted by atomic mass is 19.4. The van der Waals surface area contributed by atoms with Crippen LogP contribution in [0, 0.1) is 0 Å². The molecule has 1 aromatic heterocycles. The zero-order valence-electron chi connectivity index (χ0n) is 10.4. The Kier molecular flexibility index (Phi) is 4.26. The van der Waals surface area contributed by atoms with E-state index in [4.69, 9.17) is 10.6 Å². The summed E-state index contributed by atoms with van der Waals surface area (Å²) in [6, 6.07) is 0.375. The number of hydrogen-bond acceptors (Lipinski definition) is 7. The summed E-state index contributed by atoms with van der Waals surface area (Å²) in [5, 5.41) is 9.25. The van der Waals surface area contributed by atoms with Gasteiger partial charge in [-0.3, -0.25) is 5.43 Å². The number of ether oxygens (including phenoxy) is 1. The zero-order chi connectivity index (χ0) is 14.8. The molecule has 0 spiro atoms. The third-order valence-corrected chi connectivity index (χ3v) is 2.86. The number of alkyl halides is 3. The number of halogens is 3. The van der Waals surface area contributed by atoms with Gasteiger partial charge >= 0.3 is 6.18 Å². The lowest BCUT2D eigenvalue weighted by Gasteiger charge is -2.35. The lowest BCUT2D eigenvalue weighted by Crippen LogP contribution is -2.48. The Morgan fingerprint density at radius 1 is 1.50 bits per heavy atom. The highest BCUT2D eigenvalue weighted by Crippen LogP contribution is 2.31. The Hall–Kier alpha value is -1.65. The number of nitrogens with one attached hydrogen (secondary N) is 1. The van der Waals surface area contributed by atoms with E-state index in [0.29, 0.717) is 13.2 Å². The van der Waals surface area contributed by atoms with Gasteiger partial charge in [-0.05, 0) is 0 Å². The fourth-order valence-corrected chi connectivity index (χ4v) is 1.90. The molecule has 0 saturated carbocycles. The molecular weight excluding hydrogens is 279 g/mol. The molecule has 112 valence electrons. The predicted octanol–water partition coefficient (Wildman–Crippen LogP) is -0.0215. The van der Waals surface area contributed by atoms with Crippen LogP contribution in [0.2, 0.25) is 0 Å². The Labute approximate surface area is 112 Å². The van der Waals surface area contributed by atoms with E-state index in [-0.39, 0.29) is 25.0 Å². The van der Waals surface area contributed by atoms with Crippen molar-refractivity contribution in [2.45, 2.75) is 12.2 Å². The smallest absolute Gasteiger partial charge is 0.394 e. The molecule has 2 rings (SSSR count). The van der Waals surface area contributed by atoms with E-state index in [1.807, 2.05) is 5.43 Å². The minimum absolute atomic E-state index is 0.0441. The minimum atomic E-state index is -4.61. The quantitative estimate of drug-likeness (QED) is 0.532. The molecule has 0 bridgehead atoms. The molecule has 20 heavy (non-hydrogen) atoms. The number of anilines is 2. The van der Waals surface area contributed by atoms with E-state index in [2.05, 4.69) is 9.97 Å². The van der Waals surface area contributed by atoms with Crippen LogP contribution >= 0.6 is 0 Å². The molecule has 0 aromatic carbocycles. The first kappa shape index (κ1) is 14.8. The van der Waals surface area contributed by atoms with Crippen molar-refractivity contribution in [3.63, 3.8) is 0 Å². The summed E-state index contributed by atoms with van der Waals surface area (Å²) in [7, 11) is 0. The second-order valence-corrected chi connectivity index (χ2v) is 4.18. The number of hydrogen-bond donors (Lipinski definition) is 3. The van der Waals surface area contributed by atoms with Crippen molar-refractivity contribution in [1.82, 2.24) is 9.97 Å². The van der Waals surface area contributed by atoms with Crippen molar-refractivity contribution >= 4 is 11.8 Å². The normalized spacial score (nSPS) is 20.1. The number of nitrogen functional groups attached to an aromatic ring is 1. The van der Waals surface area contributed by atoms with Crippen molar-refractivity contribution in [2.75, 3.05) is 36.7 Å². The number of nitrogens with zero attached hydrogens (tertiary/aromatic N) is 3. The Morgan fingerprint density at radius 3 is 2.85 bits per heavy atom. The van der Waals surface area contributed by atoms with Gasteiger partial charge in [0.05, 0.1) is 25.9 Å². The van der Waals surface area contributed by atoms with Crippen LogP contribution < -0.4 is 16.2 Å². The molecule has 1 aliphatic rings. The molecule has 4 N–H and O–H groups in total. The van der Waals surface area contributed by atoms with E-state index >= 15 is 0 Å². The van der Waals surface area contributed by atoms with Gasteiger partial charge in [-0.15, -0.1) is 0 Å². The average Bonchev–Trinajstić information content (AvgIpc) is 2.45. The van der Waals surface area contributed by atoms with Crippen molar-refractivity contribution in [2.24, 2.45) is 5.84 Å². The van der Waals surface area contributed by atoms with Gasteiger partial charge in [0.15, 0.2) is 5.69 Å². The summed E-state index contributed by atoms with van der Waals surface area (Å²) in [6.45, 7) is 0.626. The maximum absolute atomic E-state index is 12.8. The van der Waals surface area contributed by atoms with Crippen LogP contribution in [-0.4, -0.2) is 47.5 Å². The third kappa shape index (κ3) is 3.08. The second-order valence-electron chi connectivity index (χ2n) is 4.18. The molecule has 0 radical (unpaired) electrons. The van der Waals surface area contributed by atoms with Crippen LogP contribution in [0.25, 0.3) is 0 Å². The van der Waals surface area contributed by atoms with Crippen LogP contribution in [0.5, 0.6) is 0 Å². The van der Waals surface area contributed by atoms with Crippen molar-refractivity contribution in [1.29, 1.82) is 0 Å². The largest absolute Gasteiger partial charge is 0.433 e. The molecule has 1 atom stereocenters. The SMILES string of the molecule is NNc1nc(N2CCOCC2CO)cc(C(F)(F)F)n1. The molecule has 1 aromatic rings. The first-order valence-corrected chi connectivity index (χ1v) is 5.84. The Balaban J connectivity index is 2.39. The first-order chi connectivity index (χ1) is 9.45. The van der Waals surface area contributed by atoms with E-state index in [1.54, 1.807) is 4.90 Å². The standard InChI is InChI=1S/C10H14F3N5O2/c11-10(12,13)7-3-8(16-9(15-7)17-14)18-1-2-20-5-6(18)4-19/h3,6,19H,1-2,4-5,14H2,(H,15,16,17). The molecule has 0 aliphatic carbocycles. The summed E-state index contributed by atoms with van der Waals surface area (Å²) >= 11 is 0. The number of morpholine rings is 1. The van der Waals surface area contributed by atoms with Gasteiger partial charge in [0.2, 0.25) is 5.95 Å². The molecule has 1 aliphatic heterocycles. The summed E-state index contributed by atoms with van der Waals surface area (Å²) in [5.41, 5.74) is 0.911. The van der Waals surface area contributed by atoms with Gasteiger partial charge in [-0.2, -0.15) is 18.2 Å². The zero-order valence-corrected chi connectivity index (χ0v) is 10.4. The van der Waals surface area contributed by atoms with Crippen LogP contribution in [-0.2, 0) is 10.9 Å². The summed E-state index contributed by atoms with van der Waals surface area (Å²) in [5.74, 6) is 4.80. The van der Waals surface area contributed by atoms with Gasteiger partial charge in [0, 0.05) is 12.6 Å². The fraction of sp³-hybridized carbons (Fsp3) is 0.600. The number of aliphatic hydroxyl groups is 1.